The van der Waals surface area contributed by atoms with E-state index in [-0.39, 0.29) is 12.2 Å². The van der Waals surface area contributed by atoms with Gasteiger partial charge in [-0.25, -0.2) is 0 Å². The maximum atomic E-state index is 10.0. The molecule has 0 amide bonds. The fourth-order valence-corrected chi connectivity index (χ4v) is 12.9. The predicted octanol–water partition coefficient (Wildman–Crippen LogP) is 15.3. The van der Waals surface area contributed by atoms with Crippen LogP contribution in [0.1, 0.15) is 184 Å². The number of hydrogen-bond donors (Lipinski definition) is 2. The van der Waals surface area contributed by atoms with Crippen molar-refractivity contribution >= 4 is 0 Å². The summed E-state index contributed by atoms with van der Waals surface area (Å²) in [4.78, 5) is 0. The summed E-state index contributed by atoms with van der Waals surface area (Å²) in [6, 6.07) is 0. The summed E-state index contributed by atoms with van der Waals surface area (Å²) >= 11 is 0. The van der Waals surface area contributed by atoms with Gasteiger partial charge in [0, 0.05) is 0 Å². The number of aliphatic hydroxyl groups excluding tert-OH is 2. The monoisotopic (exact) mass is 781 g/mol. The van der Waals surface area contributed by atoms with Gasteiger partial charge in [0.15, 0.2) is 0 Å². The van der Waals surface area contributed by atoms with Crippen LogP contribution >= 0.6 is 0 Å². The molecule has 6 aliphatic carbocycles. The van der Waals surface area contributed by atoms with E-state index < -0.39 is 0 Å². The molecule has 0 radical (unpaired) electrons. The Morgan fingerprint density at radius 1 is 0.614 bits per heavy atom. The second-order valence-electron chi connectivity index (χ2n) is 21.7. The highest BCUT2D eigenvalue weighted by Gasteiger charge is 2.51. The van der Waals surface area contributed by atoms with Crippen LogP contribution in [0.4, 0.5) is 0 Å². The fraction of sp³-hybridized carbons (Fsp3) is 0.745. The number of hydrogen-bond acceptors (Lipinski definition) is 2. The summed E-state index contributed by atoms with van der Waals surface area (Å²) in [5, 5.41) is 20.1. The van der Waals surface area contributed by atoms with Crippen molar-refractivity contribution in [2.75, 3.05) is 0 Å². The first-order chi connectivity index (χ1) is 27.0. The molecule has 6 aliphatic rings. The minimum absolute atomic E-state index is 0.172. The van der Waals surface area contributed by atoms with E-state index in [2.05, 4.69) is 112 Å². The molecule has 0 bridgehead atoms. The second kappa shape index (κ2) is 20.6. The maximum Gasteiger partial charge on any atom is 0.0583 e. The van der Waals surface area contributed by atoms with Crippen LogP contribution in [0, 0.1) is 64.1 Å². The van der Waals surface area contributed by atoms with Gasteiger partial charge in [-0.3, -0.25) is 0 Å². The average Bonchev–Trinajstić information content (AvgIpc) is 3.71. The van der Waals surface area contributed by atoms with Crippen LogP contribution in [0.25, 0.3) is 0 Å². The quantitative estimate of drug-likeness (QED) is 0.205. The summed E-state index contributed by atoms with van der Waals surface area (Å²) in [5.41, 5.74) is 9.32. The van der Waals surface area contributed by atoms with E-state index in [1.807, 2.05) is 0 Å². The Balaban J connectivity index is 0.000000218. The number of rotatable bonds is 11. The zero-order valence-corrected chi connectivity index (χ0v) is 38.6. The summed E-state index contributed by atoms with van der Waals surface area (Å²) in [7, 11) is 0. The molecule has 0 aromatic carbocycles. The Morgan fingerprint density at radius 2 is 1.11 bits per heavy atom. The van der Waals surface area contributed by atoms with Crippen LogP contribution in [0.3, 0.4) is 0 Å². The zero-order chi connectivity index (χ0) is 41.5. The lowest BCUT2D eigenvalue weighted by Crippen LogP contribution is -2.36. The Labute approximate surface area is 352 Å². The van der Waals surface area contributed by atoms with Crippen LogP contribution in [0.2, 0.25) is 0 Å². The molecule has 0 spiro atoms. The van der Waals surface area contributed by atoms with Crippen molar-refractivity contribution in [3.05, 3.63) is 83.1 Å². The normalized spacial score (nSPS) is 37.9. The van der Waals surface area contributed by atoms with E-state index in [1.165, 1.54) is 106 Å². The highest BCUT2D eigenvalue weighted by Crippen LogP contribution is 2.61. The molecular formula is C55H88O2. The third-order valence-electron chi connectivity index (χ3n) is 17.0. The molecule has 57 heavy (non-hydrogen) atoms. The standard InChI is InChI=1S/C28H44O.C27H44O/c1-19(2)20(3)9-10-22(5)26-15-16-27-23(8-7-17-28(26,27)6)12-13-24-18-25(29)14-11-21(24)4;1-19(2)8-6-9-21(4)25-15-16-26-22(10-7-17-27(25,26)5)12-13-23-18-24(28)14-11-20(23)3/h9-10,12-13,19-20,22,25-27,29H,4,7-8,11,14-18H2,1-3,5-6H3;12-13,19,21,24-26,28H,3,6-11,14-18H2,1-2,4-5H3/b10-9+,23-12+,24-13-;22-12+,23-13-/t;21?,24-,25?,26?,27?/m.1/s1. The zero-order valence-electron chi connectivity index (χ0n) is 38.6. The van der Waals surface area contributed by atoms with E-state index >= 15 is 0 Å². The molecule has 2 heteroatoms. The number of aliphatic hydroxyl groups is 2. The van der Waals surface area contributed by atoms with Gasteiger partial charge < -0.3 is 10.2 Å². The number of allylic oxidation sites excluding steroid dienone is 10. The van der Waals surface area contributed by atoms with Gasteiger partial charge in [-0.1, -0.05) is 153 Å². The van der Waals surface area contributed by atoms with Crippen molar-refractivity contribution in [2.24, 2.45) is 64.1 Å². The van der Waals surface area contributed by atoms with Gasteiger partial charge in [-0.15, -0.1) is 0 Å². The molecule has 320 valence electrons. The summed E-state index contributed by atoms with van der Waals surface area (Å²) in [6.45, 7) is 30.3. The molecule has 10 unspecified atom stereocenters. The largest absolute Gasteiger partial charge is 0.393 e. The van der Waals surface area contributed by atoms with Gasteiger partial charge in [0.05, 0.1) is 12.2 Å². The van der Waals surface area contributed by atoms with Gasteiger partial charge in [0.2, 0.25) is 0 Å². The first-order valence-corrected chi connectivity index (χ1v) is 24.2. The first kappa shape index (κ1) is 46.2. The van der Waals surface area contributed by atoms with Crippen LogP contribution < -0.4 is 0 Å². The summed E-state index contributed by atoms with van der Waals surface area (Å²) in [5.74, 6) is 6.95. The molecular weight excluding hydrogens is 693 g/mol. The van der Waals surface area contributed by atoms with Crippen LogP contribution in [-0.2, 0) is 0 Å². The van der Waals surface area contributed by atoms with Gasteiger partial charge in [-0.2, -0.15) is 0 Å². The molecule has 11 atom stereocenters. The van der Waals surface area contributed by atoms with Crippen molar-refractivity contribution in [1.82, 2.24) is 0 Å². The minimum Gasteiger partial charge on any atom is -0.393 e. The average molecular weight is 781 g/mol. The van der Waals surface area contributed by atoms with E-state index in [4.69, 9.17) is 0 Å². The maximum absolute atomic E-state index is 10.0. The van der Waals surface area contributed by atoms with Gasteiger partial charge in [0.25, 0.3) is 0 Å². The molecule has 2 N–H and O–H groups in total. The van der Waals surface area contributed by atoms with Crippen molar-refractivity contribution in [3.8, 4) is 0 Å². The molecule has 0 aliphatic heterocycles. The fourth-order valence-electron chi connectivity index (χ4n) is 12.9. The van der Waals surface area contributed by atoms with Gasteiger partial charge >= 0.3 is 0 Å². The summed E-state index contributed by atoms with van der Waals surface area (Å²) < 4.78 is 0. The van der Waals surface area contributed by atoms with E-state index in [0.717, 1.165) is 80.0 Å². The lowest BCUT2D eigenvalue weighted by Gasteiger charge is -2.44. The molecule has 0 aromatic heterocycles. The first-order valence-electron chi connectivity index (χ1n) is 24.2. The third kappa shape index (κ3) is 11.5. The van der Waals surface area contributed by atoms with Gasteiger partial charge in [-0.05, 0) is 178 Å². The third-order valence-corrected chi connectivity index (χ3v) is 17.0. The molecule has 0 heterocycles. The van der Waals surface area contributed by atoms with Crippen LogP contribution in [-0.4, -0.2) is 22.4 Å². The van der Waals surface area contributed by atoms with Crippen molar-refractivity contribution < 1.29 is 10.2 Å². The van der Waals surface area contributed by atoms with Crippen LogP contribution in [0.5, 0.6) is 0 Å². The van der Waals surface area contributed by atoms with Crippen LogP contribution in [0.15, 0.2) is 83.1 Å². The molecule has 0 aromatic rings. The van der Waals surface area contributed by atoms with Crippen molar-refractivity contribution in [1.29, 1.82) is 0 Å². The second-order valence-corrected chi connectivity index (χ2v) is 21.7. The Hall–Kier alpha value is -1.90. The topological polar surface area (TPSA) is 40.5 Å². The van der Waals surface area contributed by atoms with E-state index in [1.54, 1.807) is 11.1 Å². The minimum atomic E-state index is -0.182. The van der Waals surface area contributed by atoms with Crippen molar-refractivity contribution in [2.45, 2.75) is 197 Å². The lowest BCUT2D eigenvalue weighted by atomic mass is 9.60. The Morgan fingerprint density at radius 3 is 1.60 bits per heavy atom. The van der Waals surface area contributed by atoms with E-state index in [9.17, 15) is 10.2 Å². The SMILES string of the molecule is C=C1CCC(O)C/C1=C/C=C1\CCCC2(C)C1CCC2C(C)/C=C/C(C)C(C)C.C=C1CC[C@@H](O)C/C1=C/C=C1\CCCC2(C)C1CCC2C(C)CCCC(C)C. The van der Waals surface area contributed by atoms with Crippen molar-refractivity contribution in [3.63, 3.8) is 0 Å². The van der Waals surface area contributed by atoms with Gasteiger partial charge in [0.1, 0.15) is 0 Å². The Bertz CT molecular complexity index is 1510. The molecule has 2 nitrogen and oxygen atoms in total. The molecule has 0 saturated heterocycles. The molecule has 6 saturated carbocycles. The number of fused-ring (bicyclic) bond motifs is 2. The smallest absolute Gasteiger partial charge is 0.0583 e. The highest BCUT2D eigenvalue weighted by atomic mass is 16.3. The Kier molecular flexibility index (Phi) is 16.7. The predicted molar refractivity (Wildman–Crippen MR) is 247 cm³/mol. The molecule has 6 fully saturated rings. The molecule has 6 rings (SSSR count). The summed E-state index contributed by atoms with van der Waals surface area (Å²) in [6.07, 6.45) is 37.0. The lowest BCUT2D eigenvalue weighted by molar-refractivity contribution is 0.0928. The highest BCUT2D eigenvalue weighted by molar-refractivity contribution is 5.37. The van der Waals surface area contributed by atoms with E-state index in [0.29, 0.717) is 22.7 Å².